The van der Waals surface area contributed by atoms with Crippen molar-refractivity contribution < 1.29 is 17.9 Å². The largest absolute Gasteiger partial charge is 0.385 e. The number of aryl methyl sites for hydroxylation is 1. The van der Waals surface area contributed by atoms with E-state index >= 15 is 0 Å². The quantitative estimate of drug-likeness (QED) is 0.845. The minimum absolute atomic E-state index is 0.165. The van der Waals surface area contributed by atoms with Crippen LogP contribution in [0.15, 0.2) is 18.2 Å². The summed E-state index contributed by atoms with van der Waals surface area (Å²) in [6, 6.07) is 5.16. The molecule has 0 fully saturated rings. The Morgan fingerprint density at radius 3 is 2.80 bits per heavy atom. The van der Waals surface area contributed by atoms with Crippen LogP contribution in [0, 0.1) is 0 Å². The molecule has 7 heteroatoms. The van der Waals surface area contributed by atoms with E-state index in [1.54, 1.807) is 25.3 Å². The number of methoxy groups -OCH3 is 1. The zero-order valence-electron chi connectivity index (χ0n) is 11.3. The number of ketones is 1. The van der Waals surface area contributed by atoms with Crippen LogP contribution in [0.4, 0.5) is 5.69 Å². The molecule has 0 heterocycles. The Balaban J connectivity index is 2.28. The van der Waals surface area contributed by atoms with E-state index in [1.165, 1.54) is 0 Å². The lowest BCUT2D eigenvalue weighted by Gasteiger charge is -2.24. The normalized spacial score (nSPS) is 18.7. The van der Waals surface area contributed by atoms with Crippen molar-refractivity contribution >= 4 is 21.7 Å². The van der Waals surface area contributed by atoms with Gasteiger partial charge in [0, 0.05) is 26.1 Å². The van der Waals surface area contributed by atoms with Crippen molar-refractivity contribution in [3.05, 3.63) is 29.3 Å². The first-order chi connectivity index (χ1) is 9.40. The summed E-state index contributed by atoms with van der Waals surface area (Å²) in [4.78, 5) is 12.0. The van der Waals surface area contributed by atoms with Gasteiger partial charge in [0.1, 0.15) is 5.78 Å². The van der Waals surface area contributed by atoms with Crippen molar-refractivity contribution in [2.75, 3.05) is 18.4 Å². The van der Waals surface area contributed by atoms with Crippen LogP contribution in [0.25, 0.3) is 0 Å². The predicted octanol–water partition coefficient (Wildman–Crippen LogP) is 0.937. The summed E-state index contributed by atoms with van der Waals surface area (Å²) in [5, 5.41) is 4.95. The molecule has 1 aliphatic carbocycles. The predicted molar refractivity (Wildman–Crippen MR) is 75.7 cm³/mol. The second-order valence-corrected chi connectivity index (χ2v) is 6.16. The first-order valence-electron chi connectivity index (χ1n) is 6.35. The van der Waals surface area contributed by atoms with Gasteiger partial charge < -0.3 is 4.74 Å². The minimum Gasteiger partial charge on any atom is -0.385 e. The lowest BCUT2D eigenvalue weighted by Crippen LogP contribution is -2.24. The van der Waals surface area contributed by atoms with Crippen molar-refractivity contribution in [1.29, 1.82) is 0 Å². The average Bonchev–Trinajstić information content (AvgIpc) is 2.36. The Morgan fingerprint density at radius 1 is 1.40 bits per heavy atom. The Hall–Kier alpha value is -1.44. The van der Waals surface area contributed by atoms with Gasteiger partial charge in [-0.05, 0) is 36.1 Å². The van der Waals surface area contributed by atoms with Gasteiger partial charge in [0.25, 0.3) is 10.2 Å². The standard InChI is InChI=1S/C13H18N2O4S/c1-19-7-6-12-11-4-3-10(15-20(14,17)18)8-9(11)2-5-13(12)16/h3-4,8,12,15H,2,5-7H2,1H3,(H2,14,17,18)/t12-/m1/s1. The molecule has 20 heavy (non-hydrogen) atoms. The highest BCUT2D eigenvalue weighted by Crippen LogP contribution is 2.33. The van der Waals surface area contributed by atoms with E-state index in [0.29, 0.717) is 31.6 Å². The number of nitrogens with two attached hydrogens (primary N) is 1. The molecule has 0 saturated heterocycles. The number of carbonyl (C=O) groups excluding carboxylic acids is 1. The number of nitrogens with one attached hydrogen (secondary N) is 1. The molecule has 1 aromatic rings. The van der Waals surface area contributed by atoms with Crippen molar-refractivity contribution in [2.24, 2.45) is 5.14 Å². The molecular weight excluding hydrogens is 280 g/mol. The van der Waals surface area contributed by atoms with Crippen LogP contribution < -0.4 is 9.86 Å². The van der Waals surface area contributed by atoms with Gasteiger partial charge in [-0.3, -0.25) is 9.52 Å². The van der Waals surface area contributed by atoms with E-state index in [-0.39, 0.29) is 11.7 Å². The van der Waals surface area contributed by atoms with Gasteiger partial charge in [0.2, 0.25) is 0 Å². The van der Waals surface area contributed by atoms with Gasteiger partial charge in [-0.1, -0.05) is 6.07 Å². The molecule has 1 atom stereocenters. The molecule has 0 saturated carbocycles. The van der Waals surface area contributed by atoms with Crippen molar-refractivity contribution in [3.8, 4) is 0 Å². The highest BCUT2D eigenvalue weighted by atomic mass is 32.2. The number of ether oxygens (including phenoxy) is 1. The Kier molecular flexibility index (Phi) is 4.42. The molecule has 0 aromatic heterocycles. The highest BCUT2D eigenvalue weighted by molar-refractivity contribution is 7.90. The molecule has 3 N–H and O–H groups in total. The Bertz CT molecular complexity index is 613. The van der Waals surface area contributed by atoms with Gasteiger partial charge in [-0.2, -0.15) is 8.42 Å². The van der Waals surface area contributed by atoms with E-state index < -0.39 is 10.2 Å². The lowest BCUT2D eigenvalue weighted by atomic mass is 9.80. The third kappa shape index (κ3) is 3.56. The zero-order valence-corrected chi connectivity index (χ0v) is 12.1. The smallest absolute Gasteiger partial charge is 0.296 e. The number of anilines is 1. The summed E-state index contributed by atoms with van der Waals surface area (Å²) in [6.07, 6.45) is 1.74. The fourth-order valence-corrected chi connectivity index (χ4v) is 3.00. The minimum atomic E-state index is -3.78. The molecule has 2 rings (SSSR count). The molecule has 0 aliphatic heterocycles. The van der Waals surface area contributed by atoms with E-state index in [9.17, 15) is 13.2 Å². The van der Waals surface area contributed by atoms with Crippen LogP contribution in [-0.2, 0) is 26.2 Å². The number of fused-ring (bicyclic) bond motifs is 1. The van der Waals surface area contributed by atoms with Gasteiger partial charge in [-0.25, -0.2) is 5.14 Å². The van der Waals surface area contributed by atoms with Crippen molar-refractivity contribution in [1.82, 2.24) is 0 Å². The summed E-state index contributed by atoms with van der Waals surface area (Å²) in [5.74, 6) is 0.0453. The van der Waals surface area contributed by atoms with Gasteiger partial charge in [0.05, 0.1) is 5.69 Å². The number of hydrogen-bond donors (Lipinski definition) is 2. The maximum atomic E-state index is 12.0. The molecular formula is C13H18N2O4S. The fraction of sp³-hybridized carbons (Fsp3) is 0.462. The van der Waals surface area contributed by atoms with Crippen molar-refractivity contribution in [3.63, 3.8) is 0 Å². The monoisotopic (exact) mass is 298 g/mol. The number of hydrogen-bond acceptors (Lipinski definition) is 4. The lowest BCUT2D eigenvalue weighted by molar-refractivity contribution is -0.121. The van der Waals surface area contributed by atoms with E-state index in [0.717, 1.165) is 11.1 Å². The van der Waals surface area contributed by atoms with E-state index in [1.807, 2.05) is 0 Å². The second kappa shape index (κ2) is 5.90. The fourth-order valence-electron chi connectivity index (χ4n) is 2.55. The average molecular weight is 298 g/mol. The third-order valence-corrected chi connectivity index (χ3v) is 3.94. The molecule has 0 unspecified atom stereocenters. The third-order valence-electron chi connectivity index (χ3n) is 3.42. The molecule has 0 radical (unpaired) electrons. The van der Waals surface area contributed by atoms with Gasteiger partial charge in [-0.15, -0.1) is 0 Å². The first-order valence-corrected chi connectivity index (χ1v) is 7.90. The summed E-state index contributed by atoms with van der Waals surface area (Å²) >= 11 is 0. The van der Waals surface area contributed by atoms with E-state index in [4.69, 9.17) is 9.88 Å². The number of rotatable bonds is 5. The molecule has 0 spiro atoms. The molecule has 6 nitrogen and oxygen atoms in total. The molecule has 110 valence electrons. The SMILES string of the molecule is COCC[C@H]1C(=O)CCc2cc(NS(N)(=O)=O)ccc21. The summed E-state index contributed by atoms with van der Waals surface area (Å²) in [5.41, 5.74) is 2.36. The second-order valence-electron chi connectivity index (χ2n) is 4.86. The van der Waals surface area contributed by atoms with E-state index in [2.05, 4.69) is 4.72 Å². The van der Waals surface area contributed by atoms with Crippen LogP contribution in [0.3, 0.4) is 0 Å². The maximum absolute atomic E-state index is 12.0. The van der Waals surface area contributed by atoms with Crippen LogP contribution in [0.5, 0.6) is 0 Å². The van der Waals surface area contributed by atoms with Crippen LogP contribution in [0.1, 0.15) is 29.9 Å². The topological polar surface area (TPSA) is 98.5 Å². The molecule has 1 aromatic carbocycles. The van der Waals surface area contributed by atoms with Crippen molar-refractivity contribution in [2.45, 2.75) is 25.2 Å². The molecule has 1 aliphatic rings. The molecule has 0 amide bonds. The molecule has 0 bridgehead atoms. The summed E-state index contributed by atoms with van der Waals surface area (Å²) in [6.45, 7) is 0.521. The maximum Gasteiger partial charge on any atom is 0.296 e. The number of carbonyl (C=O) groups is 1. The zero-order chi connectivity index (χ0) is 14.8. The highest BCUT2D eigenvalue weighted by Gasteiger charge is 2.27. The summed E-state index contributed by atoms with van der Waals surface area (Å²) < 4.78 is 29.3. The number of benzene rings is 1. The van der Waals surface area contributed by atoms with Crippen LogP contribution in [0.2, 0.25) is 0 Å². The van der Waals surface area contributed by atoms with Gasteiger partial charge in [0.15, 0.2) is 0 Å². The Morgan fingerprint density at radius 2 is 2.15 bits per heavy atom. The van der Waals surface area contributed by atoms with Crippen LogP contribution in [-0.4, -0.2) is 27.9 Å². The first kappa shape index (κ1) is 15.0. The van der Waals surface area contributed by atoms with Gasteiger partial charge >= 0.3 is 0 Å². The number of Topliss-reactive ketones (excluding diaryl/α,β-unsaturated/α-hetero) is 1. The Labute approximate surface area is 118 Å². The summed E-state index contributed by atoms with van der Waals surface area (Å²) in [7, 11) is -2.17. The van der Waals surface area contributed by atoms with Crippen LogP contribution >= 0.6 is 0 Å².